The first-order valence-corrected chi connectivity index (χ1v) is 7.81. The van der Waals surface area contributed by atoms with Gasteiger partial charge in [-0.3, -0.25) is 0 Å². The Kier molecular flexibility index (Phi) is 8.78. The van der Waals surface area contributed by atoms with Crippen LogP contribution < -0.4 is 0 Å². The smallest absolute Gasteiger partial charge is 0.150 e. The van der Waals surface area contributed by atoms with Crippen molar-refractivity contribution in [1.82, 2.24) is 0 Å². The molecular weight excluding hydrogens is 216 g/mol. The minimum Gasteiger partial charge on any atom is -0.229 e. The Morgan fingerprint density at radius 2 is 1.50 bits per heavy atom. The first-order valence-electron chi connectivity index (χ1n) is 5.41. The van der Waals surface area contributed by atoms with Crippen molar-refractivity contribution in [1.29, 1.82) is 0 Å². The SMILES string of the molecule is CCCCCS(=O)(=O)CCCCC[S]. The van der Waals surface area contributed by atoms with Crippen LogP contribution in [0, 0.1) is 0 Å². The van der Waals surface area contributed by atoms with Crippen LogP contribution in [0.4, 0.5) is 0 Å². The second kappa shape index (κ2) is 8.60. The third-order valence-corrected chi connectivity index (χ3v) is 4.27. The highest BCUT2D eigenvalue weighted by Gasteiger charge is 2.08. The van der Waals surface area contributed by atoms with Gasteiger partial charge < -0.3 is 0 Å². The van der Waals surface area contributed by atoms with Crippen molar-refractivity contribution < 1.29 is 8.42 Å². The van der Waals surface area contributed by atoms with Crippen LogP contribution in [0.5, 0.6) is 0 Å². The molecule has 0 heterocycles. The highest BCUT2D eigenvalue weighted by molar-refractivity contribution is 7.91. The molecule has 0 aromatic carbocycles. The third-order valence-electron chi connectivity index (χ3n) is 2.16. The number of rotatable bonds is 9. The molecule has 0 aromatic rings. The van der Waals surface area contributed by atoms with Crippen molar-refractivity contribution in [3.05, 3.63) is 0 Å². The number of sulfone groups is 1. The standard InChI is InChI=1S/C10H21O2S2/c1-2-3-6-9-14(11,12)10-7-4-5-8-13/h2-10H2,1H3. The Morgan fingerprint density at radius 3 is 2.00 bits per heavy atom. The third kappa shape index (κ3) is 8.88. The molecule has 0 aliphatic heterocycles. The number of hydrogen-bond donors (Lipinski definition) is 0. The fraction of sp³-hybridized carbons (Fsp3) is 1.00. The van der Waals surface area contributed by atoms with Gasteiger partial charge in [0.2, 0.25) is 0 Å². The topological polar surface area (TPSA) is 34.1 Å². The quantitative estimate of drug-likeness (QED) is 0.578. The lowest BCUT2D eigenvalue weighted by molar-refractivity contribution is 0.586. The second-order valence-corrected chi connectivity index (χ2v) is 6.34. The van der Waals surface area contributed by atoms with Gasteiger partial charge in [0.15, 0.2) is 0 Å². The van der Waals surface area contributed by atoms with Gasteiger partial charge in [-0.25, -0.2) is 8.42 Å². The van der Waals surface area contributed by atoms with Crippen molar-refractivity contribution in [2.24, 2.45) is 0 Å². The van der Waals surface area contributed by atoms with Gasteiger partial charge in [-0.2, -0.15) is 0 Å². The Bertz CT molecular complexity index is 210. The average molecular weight is 237 g/mol. The van der Waals surface area contributed by atoms with E-state index in [4.69, 9.17) is 12.6 Å². The second-order valence-electron chi connectivity index (χ2n) is 3.62. The minimum atomic E-state index is -2.77. The summed E-state index contributed by atoms with van der Waals surface area (Å²) in [7, 11) is -2.77. The van der Waals surface area contributed by atoms with Gasteiger partial charge >= 0.3 is 0 Å². The summed E-state index contributed by atoms with van der Waals surface area (Å²) in [6.45, 7) is 2.08. The molecule has 4 heteroatoms. The summed E-state index contributed by atoms with van der Waals surface area (Å²) < 4.78 is 22.9. The molecule has 85 valence electrons. The van der Waals surface area contributed by atoms with Crippen LogP contribution in [0.15, 0.2) is 0 Å². The van der Waals surface area contributed by atoms with Crippen molar-refractivity contribution in [2.75, 3.05) is 17.3 Å². The predicted octanol–water partition coefficient (Wildman–Crippen LogP) is 2.96. The highest BCUT2D eigenvalue weighted by Crippen LogP contribution is 2.05. The first-order chi connectivity index (χ1) is 6.62. The van der Waals surface area contributed by atoms with Gasteiger partial charge in [-0.15, -0.1) is 0 Å². The van der Waals surface area contributed by atoms with E-state index in [1.165, 1.54) is 0 Å². The lowest BCUT2D eigenvalue weighted by Gasteiger charge is -2.03. The molecule has 0 fully saturated rings. The van der Waals surface area contributed by atoms with Gasteiger partial charge in [0.25, 0.3) is 0 Å². The van der Waals surface area contributed by atoms with E-state index in [9.17, 15) is 8.42 Å². The molecule has 0 N–H and O–H groups in total. The zero-order valence-corrected chi connectivity index (χ0v) is 10.6. The summed E-state index contributed by atoms with van der Waals surface area (Å²) in [6.07, 6.45) is 5.62. The van der Waals surface area contributed by atoms with Crippen molar-refractivity contribution >= 4 is 22.5 Å². The van der Waals surface area contributed by atoms with Crippen molar-refractivity contribution in [3.63, 3.8) is 0 Å². The molecule has 0 saturated heterocycles. The summed E-state index contributed by atoms with van der Waals surface area (Å²) in [5, 5.41) is 0. The maximum absolute atomic E-state index is 11.4. The fourth-order valence-electron chi connectivity index (χ4n) is 1.27. The highest BCUT2D eigenvalue weighted by atomic mass is 32.2. The molecule has 0 spiro atoms. The molecule has 14 heavy (non-hydrogen) atoms. The summed E-state index contributed by atoms with van der Waals surface area (Å²) >= 11 is 4.80. The molecule has 0 unspecified atom stereocenters. The molecule has 0 aromatic heterocycles. The van der Waals surface area contributed by atoms with E-state index < -0.39 is 9.84 Å². The summed E-state index contributed by atoms with van der Waals surface area (Å²) in [6, 6.07) is 0. The molecule has 0 amide bonds. The zero-order chi connectivity index (χ0) is 10.9. The van der Waals surface area contributed by atoms with Crippen LogP contribution >= 0.6 is 12.6 Å². The van der Waals surface area contributed by atoms with Gasteiger partial charge in [0.05, 0.1) is 11.5 Å². The minimum absolute atomic E-state index is 0.353. The maximum atomic E-state index is 11.4. The normalized spacial score (nSPS) is 11.9. The Labute approximate surface area is 93.8 Å². The summed E-state index contributed by atoms with van der Waals surface area (Å²) in [5.74, 6) is 1.47. The molecule has 0 atom stereocenters. The molecule has 0 aliphatic carbocycles. The van der Waals surface area contributed by atoms with Gasteiger partial charge in [-0.1, -0.05) is 38.8 Å². The van der Waals surface area contributed by atoms with Crippen LogP contribution in [0.3, 0.4) is 0 Å². The number of hydrogen-bond acceptors (Lipinski definition) is 2. The van der Waals surface area contributed by atoms with Crippen LogP contribution in [0.2, 0.25) is 0 Å². The lowest BCUT2D eigenvalue weighted by Crippen LogP contribution is -2.11. The van der Waals surface area contributed by atoms with E-state index in [2.05, 4.69) is 6.92 Å². The zero-order valence-electron chi connectivity index (χ0n) is 9.00. The molecule has 0 rings (SSSR count). The summed E-state index contributed by atoms with van der Waals surface area (Å²) in [5.41, 5.74) is 0. The molecule has 1 radical (unpaired) electrons. The van der Waals surface area contributed by atoms with E-state index >= 15 is 0 Å². The van der Waals surface area contributed by atoms with E-state index in [-0.39, 0.29) is 0 Å². The maximum Gasteiger partial charge on any atom is 0.150 e. The summed E-state index contributed by atoms with van der Waals surface area (Å²) in [4.78, 5) is 0. The molecule has 2 nitrogen and oxygen atoms in total. The van der Waals surface area contributed by atoms with E-state index in [0.29, 0.717) is 11.5 Å². The van der Waals surface area contributed by atoms with E-state index in [0.717, 1.165) is 44.3 Å². The largest absolute Gasteiger partial charge is 0.229 e. The van der Waals surface area contributed by atoms with Crippen molar-refractivity contribution in [3.8, 4) is 0 Å². The molecule has 0 saturated carbocycles. The Hall–Kier alpha value is 0.300. The van der Waals surface area contributed by atoms with Crippen LogP contribution in [0.1, 0.15) is 45.4 Å². The van der Waals surface area contributed by atoms with Crippen molar-refractivity contribution in [2.45, 2.75) is 45.4 Å². The van der Waals surface area contributed by atoms with Gasteiger partial charge in [-0.05, 0) is 19.3 Å². The van der Waals surface area contributed by atoms with Crippen LogP contribution in [-0.2, 0) is 9.84 Å². The van der Waals surface area contributed by atoms with E-state index in [1.54, 1.807) is 0 Å². The van der Waals surface area contributed by atoms with Crippen LogP contribution in [-0.4, -0.2) is 25.7 Å². The Balaban J connectivity index is 3.52. The predicted molar refractivity (Wildman–Crippen MR) is 64.5 cm³/mol. The average Bonchev–Trinajstić information content (AvgIpc) is 2.13. The van der Waals surface area contributed by atoms with Crippen LogP contribution in [0.25, 0.3) is 0 Å². The lowest BCUT2D eigenvalue weighted by atomic mass is 10.3. The molecular formula is C10H21O2S2. The fourth-order valence-corrected chi connectivity index (χ4v) is 2.97. The number of unbranched alkanes of at least 4 members (excludes halogenated alkanes) is 4. The van der Waals surface area contributed by atoms with E-state index in [1.807, 2.05) is 0 Å². The first kappa shape index (κ1) is 14.3. The van der Waals surface area contributed by atoms with Gasteiger partial charge in [0.1, 0.15) is 9.84 Å². The monoisotopic (exact) mass is 237 g/mol. The molecule has 0 aliphatic rings. The Morgan fingerprint density at radius 1 is 0.929 bits per heavy atom. The molecule has 0 bridgehead atoms. The van der Waals surface area contributed by atoms with Gasteiger partial charge in [0, 0.05) is 5.75 Å².